The number of hydrogen-bond donors (Lipinski definition) is 1. The number of anilines is 1. The van der Waals surface area contributed by atoms with Crippen LogP contribution in [0.3, 0.4) is 0 Å². The summed E-state index contributed by atoms with van der Waals surface area (Å²) in [5.41, 5.74) is 0.0447. The van der Waals surface area contributed by atoms with Crippen molar-refractivity contribution in [3.63, 3.8) is 0 Å². The van der Waals surface area contributed by atoms with Crippen molar-refractivity contribution in [2.75, 3.05) is 4.72 Å². The van der Waals surface area contributed by atoms with Gasteiger partial charge in [-0.05, 0) is 37.3 Å². The molecule has 1 N–H and O–H groups in total. The van der Waals surface area contributed by atoms with E-state index in [4.69, 9.17) is 9.36 Å². The molecule has 0 atom stereocenters. The number of carbonyl (C=O) groups is 3. The van der Waals surface area contributed by atoms with Crippen molar-refractivity contribution in [3.05, 3.63) is 77.0 Å². The standard InChI is InChI=1S/C19H13N3O7S/c1-11-9-16(20-28-11)21-30(26,27)13-6-4-5-12(10-13)19(25)29-22-17(23)14-7-2-3-8-15(14)18(22)24/h2-10H,1H3,(H,20,21). The van der Waals surface area contributed by atoms with Gasteiger partial charge in [0.05, 0.1) is 21.6 Å². The molecule has 0 spiro atoms. The van der Waals surface area contributed by atoms with Gasteiger partial charge >= 0.3 is 5.97 Å². The third-order valence-electron chi connectivity index (χ3n) is 4.18. The van der Waals surface area contributed by atoms with Crippen LogP contribution in [0.25, 0.3) is 0 Å². The molecule has 1 aliphatic rings. The Bertz CT molecular complexity index is 1260. The van der Waals surface area contributed by atoms with Gasteiger partial charge in [-0.1, -0.05) is 28.4 Å². The second-order valence-corrected chi connectivity index (χ2v) is 7.97. The topological polar surface area (TPSA) is 136 Å². The molecule has 2 heterocycles. The quantitative estimate of drug-likeness (QED) is 0.612. The molecule has 10 nitrogen and oxygen atoms in total. The van der Waals surface area contributed by atoms with E-state index in [0.717, 1.165) is 6.07 Å². The van der Waals surface area contributed by atoms with Crippen molar-refractivity contribution in [2.24, 2.45) is 0 Å². The van der Waals surface area contributed by atoms with Crippen LogP contribution in [-0.4, -0.2) is 36.4 Å². The molecular formula is C19H13N3O7S. The lowest BCUT2D eigenvalue weighted by Gasteiger charge is -2.13. The number of imide groups is 1. The van der Waals surface area contributed by atoms with Gasteiger partial charge in [0.15, 0.2) is 5.82 Å². The van der Waals surface area contributed by atoms with Gasteiger partial charge in [0.25, 0.3) is 21.8 Å². The molecular weight excluding hydrogens is 414 g/mol. The van der Waals surface area contributed by atoms with Crippen molar-refractivity contribution in [3.8, 4) is 0 Å². The third-order valence-corrected chi connectivity index (χ3v) is 5.53. The Labute approximate surface area is 170 Å². The van der Waals surface area contributed by atoms with Gasteiger partial charge in [-0.15, -0.1) is 0 Å². The number of fused-ring (bicyclic) bond motifs is 1. The molecule has 2 aromatic carbocycles. The maximum atomic E-state index is 12.5. The predicted molar refractivity (Wildman–Crippen MR) is 101 cm³/mol. The minimum atomic E-state index is -4.08. The van der Waals surface area contributed by atoms with Gasteiger partial charge in [0.1, 0.15) is 5.76 Å². The number of sulfonamides is 1. The number of hydrogen-bond acceptors (Lipinski definition) is 8. The Morgan fingerprint density at radius 1 is 1.03 bits per heavy atom. The molecule has 1 aromatic heterocycles. The van der Waals surface area contributed by atoms with Crippen molar-refractivity contribution in [1.29, 1.82) is 0 Å². The summed E-state index contributed by atoms with van der Waals surface area (Å²) in [5.74, 6) is -2.25. The predicted octanol–water partition coefficient (Wildman–Crippen LogP) is 2.15. The molecule has 0 saturated heterocycles. The highest BCUT2D eigenvalue weighted by atomic mass is 32.2. The second kappa shape index (κ2) is 7.12. The molecule has 3 aromatic rings. The van der Waals surface area contributed by atoms with E-state index in [1.807, 2.05) is 0 Å². The fourth-order valence-corrected chi connectivity index (χ4v) is 3.82. The van der Waals surface area contributed by atoms with Crippen LogP contribution in [0.1, 0.15) is 36.8 Å². The van der Waals surface area contributed by atoms with E-state index in [0.29, 0.717) is 10.8 Å². The van der Waals surface area contributed by atoms with E-state index in [9.17, 15) is 22.8 Å². The summed E-state index contributed by atoms with van der Waals surface area (Å²) in [7, 11) is -4.08. The summed E-state index contributed by atoms with van der Waals surface area (Å²) in [6, 6.07) is 12.3. The highest BCUT2D eigenvalue weighted by molar-refractivity contribution is 7.92. The van der Waals surface area contributed by atoms with Gasteiger partial charge < -0.3 is 9.36 Å². The lowest BCUT2D eigenvalue weighted by Crippen LogP contribution is -2.32. The SMILES string of the molecule is Cc1cc(NS(=O)(=O)c2cccc(C(=O)ON3C(=O)c4ccccc4C3=O)c2)no1. The number of aryl methyl sites for hydroxylation is 1. The average Bonchev–Trinajstić information content (AvgIpc) is 3.24. The van der Waals surface area contributed by atoms with Gasteiger partial charge in [-0.25, -0.2) is 13.2 Å². The fraction of sp³-hybridized carbons (Fsp3) is 0.0526. The first-order valence-corrected chi connectivity index (χ1v) is 10.0. The number of nitrogens with zero attached hydrogens (tertiary/aromatic N) is 2. The summed E-state index contributed by atoms with van der Waals surface area (Å²) >= 11 is 0. The van der Waals surface area contributed by atoms with Crippen LogP contribution in [0.2, 0.25) is 0 Å². The minimum Gasteiger partial charge on any atom is -0.360 e. The van der Waals surface area contributed by atoms with Crippen molar-refractivity contribution < 1.29 is 32.2 Å². The Hall–Kier alpha value is -3.99. The number of benzene rings is 2. The largest absolute Gasteiger partial charge is 0.363 e. The van der Waals surface area contributed by atoms with Crippen molar-refractivity contribution >= 4 is 33.6 Å². The number of amides is 2. The van der Waals surface area contributed by atoms with E-state index in [-0.39, 0.29) is 27.4 Å². The molecule has 1 aliphatic heterocycles. The van der Waals surface area contributed by atoms with E-state index < -0.39 is 27.8 Å². The zero-order valence-corrected chi connectivity index (χ0v) is 16.2. The normalized spacial score (nSPS) is 13.3. The first-order chi connectivity index (χ1) is 14.3. The number of carbonyl (C=O) groups excluding carboxylic acids is 3. The lowest BCUT2D eigenvalue weighted by molar-refractivity contribution is -0.0584. The highest BCUT2D eigenvalue weighted by Gasteiger charge is 2.38. The van der Waals surface area contributed by atoms with E-state index in [2.05, 4.69) is 9.88 Å². The van der Waals surface area contributed by atoms with E-state index in [1.54, 1.807) is 19.1 Å². The highest BCUT2D eigenvalue weighted by Crippen LogP contribution is 2.24. The van der Waals surface area contributed by atoms with Gasteiger partial charge in [0.2, 0.25) is 0 Å². The van der Waals surface area contributed by atoms with Crippen LogP contribution in [0.15, 0.2) is 64.0 Å². The zero-order chi connectivity index (χ0) is 21.5. The third kappa shape index (κ3) is 3.42. The van der Waals surface area contributed by atoms with Gasteiger partial charge in [-0.2, -0.15) is 0 Å². The molecule has 0 aliphatic carbocycles. The smallest absolute Gasteiger partial charge is 0.360 e. The lowest BCUT2D eigenvalue weighted by atomic mass is 10.1. The number of hydroxylamine groups is 2. The maximum absolute atomic E-state index is 12.5. The van der Waals surface area contributed by atoms with E-state index in [1.165, 1.54) is 36.4 Å². The van der Waals surface area contributed by atoms with Crippen molar-refractivity contribution in [2.45, 2.75) is 11.8 Å². The van der Waals surface area contributed by atoms with Crippen LogP contribution in [-0.2, 0) is 14.9 Å². The molecule has 0 unspecified atom stereocenters. The molecule has 152 valence electrons. The molecule has 4 rings (SSSR count). The zero-order valence-electron chi connectivity index (χ0n) is 15.4. The Morgan fingerprint density at radius 3 is 2.30 bits per heavy atom. The van der Waals surface area contributed by atoms with Crippen LogP contribution < -0.4 is 4.72 Å². The Kier molecular flexibility index (Phi) is 4.59. The summed E-state index contributed by atoms with van der Waals surface area (Å²) in [6.07, 6.45) is 0. The monoisotopic (exact) mass is 427 g/mol. The van der Waals surface area contributed by atoms with Gasteiger partial charge in [-0.3, -0.25) is 14.3 Å². The maximum Gasteiger partial charge on any atom is 0.363 e. The minimum absolute atomic E-state index is 0.0218. The first-order valence-electron chi connectivity index (χ1n) is 8.52. The van der Waals surface area contributed by atoms with Gasteiger partial charge in [0, 0.05) is 6.07 Å². The summed E-state index contributed by atoms with van der Waals surface area (Å²) in [5, 5.41) is 3.90. The van der Waals surface area contributed by atoms with Crippen LogP contribution in [0.5, 0.6) is 0 Å². The molecule has 0 saturated carbocycles. The second-order valence-electron chi connectivity index (χ2n) is 6.29. The molecule has 0 bridgehead atoms. The Balaban J connectivity index is 1.55. The summed E-state index contributed by atoms with van der Waals surface area (Å²) < 4.78 is 32.1. The van der Waals surface area contributed by atoms with Crippen LogP contribution >= 0.6 is 0 Å². The summed E-state index contributed by atoms with van der Waals surface area (Å²) in [4.78, 5) is 41.8. The average molecular weight is 427 g/mol. The van der Waals surface area contributed by atoms with E-state index >= 15 is 0 Å². The van der Waals surface area contributed by atoms with Crippen LogP contribution in [0.4, 0.5) is 5.82 Å². The number of nitrogens with one attached hydrogen (secondary N) is 1. The van der Waals surface area contributed by atoms with Crippen molar-refractivity contribution in [1.82, 2.24) is 10.2 Å². The molecule has 11 heteroatoms. The summed E-state index contributed by atoms with van der Waals surface area (Å²) in [6.45, 7) is 1.60. The molecule has 30 heavy (non-hydrogen) atoms. The Morgan fingerprint density at radius 2 is 1.70 bits per heavy atom. The van der Waals surface area contributed by atoms with Crippen LogP contribution in [0, 0.1) is 6.92 Å². The molecule has 0 radical (unpaired) electrons. The number of rotatable bonds is 5. The first kappa shape index (κ1) is 19.3. The fourth-order valence-electron chi connectivity index (χ4n) is 2.79. The number of aromatic nitrogens is 1. The molecule has 0 fully saturated rings. The molecule has 2 amide bonds.